The molecule has 0 saturated heterocycles. The van der Waals surface area contributed by atoms with Crippen molar-refractivity contribution in [1.29, 1.82) is 0 Å². The topological polar surface area (TPSA) is 64.9 Å². The quantitative estimate of drug-likeness (QED) is 0.542. The predicted molar refractivity (Wildman–Crippen MR) is 114 cm³/mol. The fourth-order valence-corrected chi connectivity index (χ4v) is 4.29. The summed E-state index contributed by atoms with van der Waals surface area (Å²) in [5, 5.41) is 8.04. The number of rotatable bonds is 2. The van der Waals surface area contributed by atoms with E-state index in [0.717, 1.165) is 33.7 Å². The predicted octanol–water partition coefficient (Wildman–Crippen LogP) is 4.54. The van der Waals surface area contributed by atoms with Gasteiger partial charge >= 0.3 is 0 Å². The Bertz CT molecular complexity index is 1260. The van der Waals surface area contributed by atoms with Crippen LogP contribution in [-0.4, -0.2) is 19.7 Å². The lowest BCUT2D eigenvalue weighted by atomic mass is 9.85. The van der Waals surface area contributed by atoms with Crippen LogP contribution >= 0.6 is 0 Å². The van der Waals surface area contributed by atoms with Crippen LogP contribution in [0.15, 0.2) is 85.0 Å². The van der Waals surface area contributed by atoms with Crippen LogP contribution < -0.4 is 10.1 Å². The van der Waals surface area contributed by atoms with Gasteiger partial charge in [-0.2, -0.15) is 10.1 Å². The van der Waals surface area contributed by atoms with E-state index in [1.807, 2.05) is 35.1 Å². The highest BCUT2D eigenvalue weighted by Crippen LogP contribution is 2.50. The van der Waals surface area contributed by atoms with Gasteiger partial charge in [-0.1, -0.05) is 48.0 Å². The molecular formula is C24H19N5O. The number of aromatic nitrogens is 4. The average Bonchev–Trinajstić information content (AvgIpc) is 3.26. The Kier molecular flexibility index (Phi) is 3.71. The van der Waals surface area contributed by atoms with Gasteiger partial charge in [0.25, 0.3) is 0 Å². The SMILES string of the molecule is Cc1ccc([C@@H]2Oc3ccccc3C3=C2[C@H](c2cccnc2)n2ncnc2N3)cc1. The van der Waals surface area contributed by atoms with E-state index in [1.165, 1.54) is 5.56 Å². The van der Waals surface area contributed by atoms with Crippen LogP contribution in [0, 0.1) is 6.92 Å². The van der Waals surface area contributed by atoms with Gasteiger partial charge in [0.1, 0.15) is 24.2 Å². The molecule has 6 nitrogen and oxygen atoms in total. The Hall–Kier alpha value is -3.93. The van der Waals surface area contributed by atoms with Crippen molar-refractivity contribution in [3.8, 4) is 5.75 Å². The molecule has 6 rings (SSSR count). The van der Waals surface area contributed by atoms with Gasteiger partial charge in [0.05, 0.1) is 5.70 Å². The van der Waals surface area contributed by atoms with E-state index in [2.05, 4.69) is 63.7 Å². The van der Waals surface area contributed by atoms with Gasteiger partial charge in [0.2, 0.25) is 5.95 Å². The van der Waals surface area contributed by atoms with Crippen LogP contribution in [0.2, 0.25) is 0 Å². The maximum Gasteiger partial charge on any atom is 0.226 e. The largest absolute Gasteiger partial charge is 0.480 e. The first-order valence-corrected chi connectivity index (χ1v) is 9.93. The molecule has 2 aliphatic rings. The van der Waals surface area contributed by atoms with Crippen molar-refractivity contribution >= 4 is 11.6 Å². The summed E-state index contributed by atoms with van der Waals surface area (Å²) in [6.45, 7) is 2.09. The molecule has 2 atom stereocenters. The molecular weight excluding hydrogens is 374 g/mol. The summed E-state index contributed by atoms with van der Waals surface area (Å²) in [5.41, 5.74) is 6.51. The van der Waals surface area contributed by atoms with Crippen molar-refractivity contribution in [3.63, 3.8) is 0 Å². The molecule has 4 aromatic rings. The zero-order valence-electron chi connectivity index (χ0n) is 16.4. The lowest BCUT2D eigenvalue weighted by Crippen LogP contribution is -2.32. The molecule has 146 valence electrons. The number of benzene rings is 2. The number of nitrogens with one attached hydrogen (secondary N) is 1. The van der Waals surface area contributed by atoms with Gasteiger partial charge in [-0.15, -0.1) is 0 Å². The van der Waals surface area contributed by atoms with Crippen LogP contribution in [-0.2, 0) is 0 Å². The third kappa shape index (κ3) is 2.54. The Labute approximate surface area is 173 Å². The van der Waals surface area contributed by atoms with E-state index < -0.39 is 0 Å². The van der Waals surface area contributed by atoms with Crippen molar-refractivity contribution in [1.82, 2.24) is 19.7 Å². The number of ether oxygens (including phenoxy) is 1. The second-order valence-electron chi connectivity index (χ2n) is 7.58. The average molecular weight is 393 g/mol. The van der Waals surface area contributed by atoms with Crippen LogP contribution in [0.3, 0.4) is 0 Å². The number of fused-ring (bicyclic) bond motifs is 3. The Morgan fingerprint density at radius 1 is 0.967 bits per heavy atom. The van der Waals surface area contributed by atoms with Gasteiger partial charge in [0.15, 0.2) is 0 Å². The number of hydrogen-bond acceptors (Lipinski definition) is 5. The van der Waals surface area contributed by atoms with Gasteiger partial charge in [-0.25, -0.2) is 4.68 Å². The lowest BCUT2D eigenvalue weighted by molar-refractivity contribution is 0.223. The molecule has 2 aliphatic heterocycles. The second kappa shape index (κ2) is 6.56. The highest BCUT2D eigenvalue weighted by atomic mass is 16.5. The van der Waals surface area contributed by atoms with Crippen LogP contribution in [0.4, 0.5) is 5.95 Å². The van der Waals surface area contributed by atoms with Crippen molar-refractivity contribution in [2.75, 3.05) is 5.32 Å². The Morgan fingerprint density at radius 3 is 2.67 bits per heavy atom. The molecule has 0 bridgehead atoms. The second-order valence-corrected chi connectivity index (χ2v) is 7.58. The zero-order chi connectivity index (χ0) is 20.1. The van der Waals surface area contributed by atoms with Gasteiger partial charge in [-0.3, -0.25) is 4.98 Å². The van der Waals surface area contributed by atoms with Gasteiger partial charge in [0, 0.05) is 23.5 Å². The van der Waals surface area contributed by atoms with E-state index >= 15 is 0 Å². The van der Waals surface area contributed by atoms with E-state index in [1.54, 1.807) is 12.5 Å². The monoisotopic (exact) mass is 393 g/mol. The minimum absolute atomic E-state index is 0.174. The van der Waals surface area contributed by atoms with E-state index in [-0.39, 0.29) is 12.1 Å². The maximum absolute atomic E-state index is 6.59. The standard InChI is InChI=1S/C24H19N5O/c1-15-8-10-16(11-9-15)23-20-21(18-6-2-3-7-19(18)30-23)28-24-26-14-27-29(24)22(20)17-5-4-12-25-13-17/h2-14,22-23H,1H3,(H,26,27,28)/t22-,23-/m0/s1. The number of anilines is 1. The third-order valence-electron chi connectivity index (χ3n) is 5.70. The molecule has 4 heterocycles. The van der Waals surface area contributed by atoms with E-state index in [0.29, 0.717) is 5.95 Å². The molecule has 0 unspecified atom stereocenters. The summed E-state index contributed by atoms with van der Waals surface area (Å²) in [7, 11) is 0. The van der Waals surface area contributed by atoms with Crippen LogP contribution in [0.1, 0.15) is 34.4 Å². The summed E-state index contributed by atoms with van der Waals surface area (Å²) < 4.78 is 8.50. The van der Waals surface area contributed by atoms with E-state index in [4.69, 9.17) is 4.74 Å². The van der Waals surface area contributed by atoms with Crippen molar-refractivity contribution in [2.24, 2.45) is 0 Å². The molecule has 1 N–H and O–H groups in total. The highest BCUT2D eigenvalue weighted by Gasteiger charge is 2.40. The molecule has 6 heteroatoms. The van der Waals surface area contributed by atoms with Crippen molar-refractivity contribution < 1.29 is 4.74 Å². The fraction of sp³-hybridized carbons (Fsp3) is 0.125. The van der Waals surface area contributed by atoms with Gasteiger partial charge in [-0.05, 0) is 36.2 Å². The summed E-state index contributed by atoms with van der Waals surface area (Å²) in [5.74, 6) is 1.56. The fourth-order valence-electron chi connectivity index (χ4n) is 4.29. The molecule has 0 fully saturated rings. The molecule has 2 aromatic carbocycles. The Balaban J connectivity index is 1.63. The molecule has 30 heavy (non-hydrogen) atoms. The lowest BCUT2D eigenvalue weighted by Gasteiger charge is -2.38. The third-order valence-corrected chi connectivity index (χ3v) is 5.70. The first-order chi connectivity index (χ1) is 14.8. The minimum Gasteiger partial charge on any atom is -0.480 e. The summed E-state index contributed by atoms with van der Waals surface area (Å²) >= 11 is 0. The summed E-state index contributed by atoms with van der Waals surface area (Å²) in [6, 6.07) is 20.5. The first kappa shape index (κ1) is 17.0. The Morgan fingerprint density at radius 2 is 1.83 bits per heavy atom. The molecule has 0 saturated carbocycles. The highest BCUT2D eigenvalue weighted by molar-refractivity contribution is 5.85. The normalized spacial score (nSPS) is 19.2. The number of nitrogens with zero attached hydrogens (tertiary/aromatic N) is 4. The number of pyridine rings is 1. The molecule has 0 amide bonds. The summed E-state index contributed by atoms with van der Waals surface area (Å²) in [4.78, 5) is 8.81. The van der Waals surface area contributed by atoms with Crippen molar-refractivity contribution in [3.05, 3.63) is 107 Å². The van der Waals surface area contributed by atoms with Crippen LogP contribution in [0.25, 0.3) is 5.70 Å². The molecule has 0 radical (unpaired) electrons. The maximum atomic E-state index is 6.59. The number of aryl methyl sites for hydroxylation is 1. The minimum atomic E-state index is -0.259. The molecule has 0 aliphatic carbocycles. The number of para-hydroxylation sites is 1. The molecule has 2 aromatic heterocycles. The van der Waals surface area contributed by atoms with E-state index in [9.17, 15) is 0 Å². The first-order valence-electron chi connectivity index (χ1n) is 9.93. The number of hydrogen-bond donors (Lipinski definition) is 1. The smallest absolute Gasteiger partial charge is 0.226 e. The van der Waals surface area contributed by atoms with Crippen LogP contribution in [0.5, 0.6) is 5.75 Å². The molecule has 0 spiro atoms. The van der Waals surface area contributed by atoms with Gasteiger partial charge < -0.3 is 10.1 Å². The van der Waals surface area contributed by atoms with Crippen molar-refractivity contribution in [2.45, 2.75) is 19.1 Å². The zero-order valence-corrected chi connectivity index (χ0v) is 16.4. The summed E-state index contributed by atoms with van der Waals surface area (Å²) in [6.07, 6.45) is 4.99.